The molecule has 116 valence electrons. The third kappa shape index (κ3) is 3.19. The number of hydrogen-bond donors (Lipinski definition) is 1. The Hall–Kier alpha value is -0.150. The van der Waals surface area contributed by atoms with Crippen molar-refractivity contribution in [1.82, 2.24) is 5.32 Å². The van der Waals surface area contributed by atoms with Gasteiger partial charge in [0.25, 0.3) is 0 Å². The fraction of sp³-hybridized carbons (Fsp3) is 1.00. The highest BCUT2D eigenvalue weighted by Gasteiger charge is 2.46. The first-order valence-electron chi connectivity index (χ1n) is 8.66. The lowest BCUT2D eigenvalue weighted by Gasteiger charge is -2.44. The summed E-state index contributed by atoms with van der Waals surface area (Å²) in [6, 6.07) is 0.390. The molecule has 3 aliphatic rings. The summed E-state index contributed by atoms with van der Waals surface area (Å²) < 4.78 is 21.4. The predicted octanol–water partition coefficient (Wildman–Crippen LogP) is 3.99. The molecule has 0 amide bonds. The van der Waals surface area contributed by atoms with Gasteiger partial charge in [-0.2, -0.15) is 0 Å². The molecule has 3 fully saturated rings. The first-order valence-corrected chi connectivity index (χ1v) is 8.66. The fourth-order valence-electron chi connectivity index (χ4n) is 4.66. The number of rotatable bonds is 3. The van der Waals surface area contributed by atoms with E-state index in [0.717, 1.165) is 45.3 Å². The molecular formula is C17H30FNO. The summed E-state index contributed by atoms with van der Waals surface area (Å²) in [6.07, 6.45) is 11.0. The maximum atomic E-state index is 15.3. The van der Waals surface area contributed by atoms with Gasteiger partial charge in [-0.1, -0.05) is 19.3 Å². The molecule has 0 aromatic carbocycles. The molecular weight excluding hydrogens is 253 g/mol. The Morgan fingerprint density at radius 3 is 2.70 bits per heavy atom. The molecule has 0 bridgehead atoms. The van der Waals surface area contributed by atoms with Crippen LogP contribution in [0.15, 0.2) is 0 Å². The second kappa shape index (κ2) is 5.92. The van der Waals surface area contributed by atoms with Gasteiger partial charge in [-0.05, 0) is 64.3 Å². The number of halogens is 1. The topological polar surface area (TPSA) is 21.3 Å². The molecule has 2 saturated heterocycles. The van der Waals surface area contributed by atoms with Crippen LogP contribution in [0.5, 0.6) is 0 Å². The molecule has 1 aliphatic carbocycles. The van der Waals surface area contributed by atoms with Crippen LogP contribution < -0.4 is 5.32 Å². The van der Waals surface area contributed by atoms with Gasteiger partial charge in [-0.3, -0.25) is 0 Å². The smallest absolute Gasteiger partial charge is 0.112 e. The van der Waals surface area contributed by atoms with Crippen molar-refractivity contribution in [2.45, 2.75) is 88.4 Å². The Kier molecular flexibility index (Phi) is 4.37. The maximum Gasteiger partial charge on any atom is 0.112 e. The van der Waals surface area contributed by atoms with Crippen molar-refractivity contribution in [3.8, 4) is 0 Å². The van der Waals surface area contributed by atoms with Crippen molar-refractivity contribution in [1.29, 1.82) is 0 Å². The highest BCUT2D eigenvalue weighted by atomic mass is 19.1. The molecule has 1 saturated carbocycles. The van der Waals surface area contributed by atoms with Gasteiger partial charge >= 0.3 is 0 Å². The van der Waals surface area contributed by atoms with Crippen LogP contribution in [0.2, 0.25) is 0 Å². The molecule has 0 aromatic rings. The zero-order chi connectivity index (χ0) is 14.1. The molecule has 3 atom stereocenters. The van der Waals surface area contributed by atoms with Crippen molar-refractivity contribution in [2.24, 2.45) is 5.92 Å². The van der Waals surface area contributed by atoms with E-state index in [0.29, 0.717) is 12.5 Å². The van der Waals surface area contributed by atoms with Crippen LogP contribution in [0.1, 0.15) is 71.1 Å². The molecule has 2 heterocycles. The minimum absolute atomic E-state index is 0.0380. The van der Waals surface area contributed by atoms with E-state index >= 15 is 4.39 Å². The van der Waals surface area contributed by atoms with Gasteiger partial charge in [0.15, 0.2) is 0 Å². The highest BCUT2D eigenvalue weighted by molar-refractivity contribution is 4.98. The maximum absolute atomic E-state index is 15.3. The van der Waals surface area contributed by atoms with Crippen molar-refractivity contribution < 1.29 is 9.13 Å². The van der Waals surface area contributed by atoms with E-state index in [-0.39, 0.29) is 11.5 Å². The van der Waals surface area contributed by atoms with Gasteiger partial charge in [0, 0.05) is 12.6 Å². The van der Waals surface area contributed by atoms with Crippen LogP contribution in [-0.2, 0) is 4.74 Å². The van der Waals surface area contributed by atoms with E-state index in [9.17, 15) is 0 Å². The van der Waals surface area contributed by atoms with Gasteiger partial charge in [0.05, 0.1) is 5.60 Å². The van der Waals surface area contributed by atoms with Gasteiger partial charge in [-0.25, -0.2) is 4.39 Å². The van der Waals surface area contributed by atoms with E-state index in [4.69, 9.17) is 4.74 Å². The third-order valence-electron chi connectivity index (χ3n) is 5.92. The van der Waals surface area contributed by atoms with E-state index in [1.54, 1.807) is 0 Å². The fourth-order valence-corrected chi connectivity index (χ4v) is 4.66. The second-order valence-corrected chi connectivity index (χ2v) is 7.56. The molecule has 1 spiro atoms. The summed E-state index contributed by atoms with van der Waals surface area (Å²) in [4.78, 5) is 0. The normalized spacial score (nSPS) is 36.9. The number of ether oxygens (including phenoxy) is 1. The van der Waals surface area contributed by atoms with Crippen LogP contribution in [0, 0.1) is 5.92 Å². The molecule has 2 aliphatic heterocycles. The first kappa shape index (κ1) is 14.8. The van der Waals surface area contributed by atoms with Crippen molar-refractivity contribution in [3.63, 3.8) is 0 Å². The van der Waals surface area contributed by atoms with Gasteiger partial charge in [0.1, 0.15) is 5.67 Å². The minimum Gasteiger partial charge on any atom is -0.375 e. The Bertz CT molecular complexity index is 319. The van der Waals surface area contributed by atoms with E-state index in [1.165, 1.54) is 25.7 Å². The van der Waals surface area contributed by atoms with E-state index in [1.807, 2.05) is 6.92 Å². The Labute approximate surface area is 122 Å². The Balaban J connectivity index is 1.60. The lowest BCUT2D eigenvalue weighted by molar-refractivity contribution is -0.121. The number of alkyl halides is 1. The number of hydrogen-bond acceptors (Lipinski definition) is 2. The zero-order valence-corrected chi connectivity index (χ0v) is 12.9. The van der Waals surface area contributed by atoms with E-state index in [2.05, 4.69) is 5.32 Å². The van der Waals surface area contributed by atoms with E-state index < -0.39 is 5.67 Å². The average Bonchev–Trinajstić information content (AvgIpc) is 2.87. The molecule has 1 N–H and O–H groups in total. The highest BCUT2D eigenvalue weighted by Crippen LogP contribution is 2.47. The molecule has 0 aromatic heterocycles. The second-order valence-electron chi connectivity index (χ2n) is 7.56. The average molecular weight is 283 g/mol. The summed E-state index contributed by atoms with van der Waals surface area (Å²) in [6.45, 7) is 3.68. The summed E-state index contributed by atoms with van der Waals surface area (Å²) in [5.74, 6) is 0.193. The SMILES string of the molecule is CC(F)(CC1CCCCN1)C1CCOC2(CCCC2)C1. The van der Waals surface area contributed by atoms with Crippen LogP contribution in [0.3, 0.4) is 0 Å². The van der Waals surface area contributed by atoms with Gasteiger partial charge < -0.3 is 10.1 Å². The molecule has 3 rings (SSSR count). The summed E-state index contributed by atoms with van der Waals surface area (Å²) in [5.41, 5.74) is -0.995. The lowest BCUT2D eigenvalue weighted by atomic mass is 9.74. The number of nitrogens with one attached hydrogen (secondary N) is 1. The largest absolute Gasteiger partial charge is 0.375 e. The third-order valence-corrected chi connectivity index (χ3v) is 5.92. The predicted molar refractivity (Wildman–Crippen MR) is 79.6 cm³/mol. The van der Waals surface area contributed by atoms with Gasteiger partial charge in [0.2, 0.25) is 0 Å². The zero-order valence-electron chi connectivity index (χ0n) is 12.9. The van der Waals surface area contributed by atoms with Crippen LogP contribution in [0.25, 0.3) is 0 Å². The van der Waals surface area contributed by atoms with Crippen molar-refractivity contribution in [3.05, 3.63) is 0 Å². The van der Waals surface area contributed by atoms with Crippen LogP contribution in [-0.4, -0.2) is 30.5 Å². The lowest BCUT2D eigenvalue weighted by Crippen LogP contribution is -2.47. The monoisotopic (exact) mass is 283 g/mol. The Morgan fingerprint density at radius 2 is 2.00 bits per heavy atom. The molecule has 3 unspecified atom stereocenters. The molecule has 3 heteroatoms. The summed E-state index contributed by atoms with van der Waals surface area (Å²) >= 11 is 0. The van der Waals surface area contributed by atoms with Gasteiger partial charge in [-0.15, -0.1) is 0 Å². The summed E-state index contributed by atoms with van der Waals surface area (Å²) in [5, 5.41) is 3.50. The molecule has 0 radical (unpaired) electrons. The number of piperidine rings is 1. The standard InChI is InChI=1S/C17H30FNO/c1-16(18,13-15-6-2-5-10-19-15)14-7-11-20-17(12-14)8-3-4-9-17/h14-15,19H,2-13H2,1H3. The molecule has 20 heavy (non-hydrogen) atoms. The molecule has 2 nitrogen and oxygen atoms in total. The van der Waals surface area contributed by atoms with Crippen LogP contribution in [0.4, 0.5) is 4.39 Å². The quantitative estimate of drug-likeness (QED) is 0.845. The Morgan fingerprint density at radius 1 is 1.20 bits per heavy atom. The van der Waals surface area contributed by atoms with Crippen LogP contribution >= 0.6 is 0 Å². The first-order chi connectivity index (χ1) is 9.60. The van der Waals surface area contributed by atoms with Crippen molar-refractivity contribution >= 4 is 0 Å². The minimum atomic E-state index is -1.03. The van der Waals surface area contributed by atoms with Crippen molar-refractivity contribution in [2.75, 3.05) is 13.2 Å². The summed E-state index contributed by atoms with van der Waals surface area (Å²) in [7, 11) is 0.